The molecule has 0 saturated heterocycles. The SMILES string of the molecule is CCN(CCc1ccccc1)C(=O)Cn1c2cccc(OCc3ccccc3)c2c2c(C)c(C(=O)O)ncc21. The van der Waals surface area contributed by atoms with E-state index in [1.165, 1.54) is 5.56 Å². The average Bonchev–Trinajstić information content (AvgIpc) is 3.28. The van der Waals surface area contributed by atoms with Gasteiger partial charge in [0.05, 0.1) is 22.6 Å². The molecule has 5 aromatic rings. The predicted molar refractivity (Wildman–Crippen MR) is 152 cm³/mol. The van der Waals surface area contributed by atoms with Gasteiger partial charge in [-0.3, -0.25) is 4.79 Å². The second-order valence-corrected chi connectivity index (χ2v) is 9.52. The van der Waals surface area contributed by atoms with Crippen LogP contribution in [0, 0.1) is 6.92 Å². The number of likely N-dealkylation sites (N-methyl/N-ethyl adjacent to an activating group) is 1. The normalized spacial score (nSPS) is 11.1. The number of pyridine rings is 1. The molecule has 0 aliphatic heterocycles. The number of carboxylic acids is 1. The van der Waals surface area contributed by atoms with E-state index in [2.05, 4.69) is 17.1 Å². The maximum atomic E-state index is 13.6. The molecule has 7 heteroatoms. The van der Waals surface area contributed by atoms with Crippen molar-refractivity contribution in [1.82, 2.24) is 14.5 Å². The van der Waals surface area contributed by atoms with E-state index in [0.717, 1.165) is 28.3 Å². The van der Waals surface area contributed by atoms with Crippen LogP contribution < -0.4 is 4.74 Å². The van der Waals surface area contributed by atoms with Gasteiger partial charge >= 0.3 is 5.97 Å². The smallest absolute Gasteiger partial charge is 0.354 e. The summed E-state index contributed by atoms with van der Waals surface area (Å²) in [7, 11) is 0. The number of rotatable bonds is 10. The van der Waals surface area contributed by atoms with E-state index < -0.39 is 5.97 Å². The average molecular weight is 522 g/mol. The van der Waals surface area contributed by atoms with Gasteiger partial charge in [0.1, 0.15) is 18.9 Å². The van der Waals surface area contributed by atoms with Crippen molar-refractivity contribution in [3.8, 4) is 5.75 Å². The summed E-state index contributed by atoms with van der Waals surface area (Å²) in [4.78, 5) is 31.6. The number of ether oxygens (including phenoxy) is 1. The number of hydrogen-bond acceptors (Lipinski definition) is 4. The van der Waals surface area contributed by atoms with E-state index in [0.29, 0.717) is 36.5 Å². The van der Waals surface area contributed by atoms with Crippen LogP contribution in [0.1, 0.15) is 34.1 Å². The van der Waals surface area contributed by atoms with Gasteiger partial charge in [0.2, 0.25) is 5.91 Å². The molecule has 3 aromatic carbocycles. The summed E-state index contributed by atoms with van der Waals surface area (Å²) in [6.45, 7) is 5.42. The second kappa shape index (κ2) is 11.4. The number of aryl methyl sites for hydroxylation is 1. The fraction of sp³-hybridized carbons (Fsp3) is 0.219. The molecular formula is C32H31N3O4. The lowest BCUT2D eigenvalue weighted by Gasteiger charge is -2.22. The Hall–Kier alpha value is -4.65. The molecule has 1 N–H and O–H groups in total. The van der Waals surface area contributed by atoms with E-state index in [4.69, 9.17) is 4.74 Å². The highest BCUT2D eigenvalue weighted by atomic mass is 16.5. The van der Waals surface area contributed by atoms with Crippen LogP contribution in [0.4, 0.5) is 0 Å². The largest absolute Gasteiger partial charge is 0.488 e. The standard InChI is InChI=1S/C32H31N3O4/c1-3-34(18-17-23-11-6-4-7-12-23)28(36)20-35-25-15-10-16-27(39-21-24-13-8-5-9-14-24)30(25)29-22(2)31(32(37)38)33-19-26(29)35/h4-16,19H,3,17-18,20-21H2,1-2H3,(H,37,38). The van der Waals surface area contributed by atoms with Crippen molar-refractivity contribution in [2.24, 2.45) is 0 Å². The monoisotopic (exact) mass is 521 g/mol. The first-order chi connectivity index (χ1) is 19.0. The molecule has 1 amide bonds. The van der Waals surface area contributed by atoms with Crippen molar-refractivity contribution in [2.75, 3.05) is 13.1 Å². The van der Waals surface area contributed by atoms with Gasteiger partial charge in [-0.05, 0) is 49.1 Å². The molecular weight excluding hydrogens is 490 g/mol. The minimum absolute atomic E-state index is 0.0104. The molecule has 2 heterocycles. The van der Waals surface area contributed by atoms with Crippen LogP contribution in [0.15, 0.2) is 85.1 Å². The van der Waals surface area contributed by atoms with Gasteiger partial charge in [-0.1, -0.05) is 66.7 Å². The third-order valence-electron chi connectivity index (χ3n) is 7.12. The van der Waals surface area contributed by atoms with Crippen molar-refractivity contribution in [3.05, 3.63) is 107 Å². The van der Waals surface area contributed by atoms with E-state index in [1.807, 2.05) is 83.1 Å². The minimum atomic E-state index is -1.09. The van der Waals surface area contributed by atoms with Crippen molar-refractivity contribution >= 4 is 33.7 Å². The molecule has 0 spiro atoms. The molecule has 0 fully saturated rings. The Labute approximate surface area is 227 Å². The number of aromatic carboxylic acids is 1. The summed E-state index contributed by atoms with van der Waals surface area (Å²) in [6.07, 6.45) is 2.33. The van der Waals surface area contributed by atoms with Crippen LogP contribution in [-0.4, -0.2) is 44.5 Å². The van der Waals surface area contributed by atoms with E-state index in [9.17, 15) is 14.7 Å². The third-order valence-corrected chi connectivity index (χ3v) is 7.12. The number of fused-ring (bicyclic) bond motifs is 3. The number of benzene rings is 3. The summed E-state index contributed by atoms with van der Waals surface area (Å²) >= 11 is 0. The molecule has 5 rings (SSSR count). The van der Waals surface area contributed by atoms with Gasteiger partial charge in [-0.25, -0.2) is 9.78 Å². The topological polar surface area (TPSA) is 84.7 Å². The van der Waals surface area contributed by atoms with Gasteiger partial charge in [0, 0.05) is 18.5 Å². The number of hydrogen-bond donors (Lipinski definition) is 1. The number of carboxylic acid groups (broad SMARTS) is 1. The summed E-state index contributed by atoms with van der Waals surface area (Å²) in [6, 6.07) is 25.7. The lowest BCUT2D eigenvalue weighted by molar-refractivity contribution is -0.131. The molecule has 0 aliphatic rings. The van der Waals surface area contributed by atoms with Crippen molar-refractivity contribution in [1.29, 1.82) is 0 Å². The van der Waals surface area contributed by atoms with E-state index in [-0.39, 0.29) is 18.1 Å². The summed E-state index contributed by atoms with van der Waals surface area (Å²) in [5.41, 5.74) is 4.25. The molecule has 0 saturated carbocycles. The highest BCUT2D eigenvalue weighted by Crippen LogP contribution is 2.38. The highest BCUT2D eigenvalue weighted by molar-refractivity contribution is 6.14. The lowest BCUT2D eigenvalue weighted by atomic mass is 10.1. The Kier molecular flexibility index (Phi) is 7.59. The molecule has 2 aromatic heterocycles. The van der Waals surface area contributed by atoms with Gasteiger partial charge in [-0.15, -0.1) is 0 Å². The Balaban J connectivity index is 1.54. The zero-order chi connectivity index (χ0) is 27.4. The van der Waals surface area contributed by atoms with Crippen molar-refractivity contribution in [2.45, 2.75) is 33.4 Å². The summed E-state index contributed by atoms with van der Waals surface area (Å²) in [5.74, 6) is -0.468. The van der Waals surface area contributed by atoms with Crippen molar-refractivity contribution in [3.63, 3.8) is 0 Å². The van der Waals surface area contributed by atoms with Gasteiger partial charge in [-0.2, -0.15) is 0 Å². The lowest BCUT2D eigenvalue weighted by Crippen LogP contribution is -2.35. The molecule has 0 aliphatic carbocycles. The van der Waals surface area contributed by atoms with Crippen LogP contribution in [0.2, 0.25) is 0 Å². The maximum absolute atomic E-state index is 13.6. The zero-order valence-corrected chi connectivity index (χ0v) is 22.1. The molecule has 0 bridgehead atoms. The number of nitrogens with zero attached hydrogens (tertiary/aromatic N) is 3. The van der Waals surface area contributed by atoms with Gasteiger partial charge in [0.25, 0.3) is 0 Å². The molecule has 0 atom stereocenters. The fourth-order valence-electron chi connectivity index (χ4n) is 5.09. The summed E-state index contributed by atoms with van der Waals surface area (Å²) < 4.78 is 8.20. The number of amides is 1. The quantitative estimate of drug-likeness (QED) is 0.249. The van der Waals surface area contributed by atoms with Crippen LogP contribution >= 0.6 is 0 Å². The fourth-order valence-corrected chi connectivity index (χ4v) is 5.09. The summed E-state index contributed by atoms with van der Waals surface area (Å²) in [5, 5.41) is 11.3. The molecule has 0 unspecified atom stereocenters. The van der Waals surface area contributed by atoms with Crippen molar-refractivity contribution < 1.29 is 19.4 Å². The molecule has 0 radical (unpaired) electrons. The first-order valence-electron chi connectivity index (χ1n) is 13.1. The van der Waals surface area contributed by atoms with Crippen LogP contribution in [0.5, 0.6) is 5.75 Å². The van der Waals surface area contributed by atoms with Crippen LogP contribution in [-0.2, 0) is 24.4 Å². The van der Waals surface area contributed by atoms with E-state index in [1.54, 1.807) is 13.1 Å². The van der Waals surface area contributed by atoms with Gasteiger partial charge in [0.15, 0.2) is 5.69 Å². The van der Waals surface area contributed by atoms with E-state index >= 15 is 0 Å². The Bertz CT molecular complexity index is 1630. The molecule has 198 valence electrons. The maximum Gasteiger partial charge on any atom is 0.354 e. The number of carbonyl (C=O) groups excluding carboxylic acids is 1. The predicted octanol–water partition coefficient (Wildman–Crippen LogP) is 5.87. The first kappa shape index (κ1) is 26.0. The Morgan fingerprint density at radius 1 is 0.897 bits per heavy atom. The minimum Gasteiger partial charge on any atom is -0.488 e. The molecule has 39 heavy (non-hydrogen) atoms. The second-order valence-electron chi connectivity index (χ2n) is 9.52. The highest BCUT2D eigenvalue weighted by Gasteiger charge is 2.23. The van der Waals surface area contributed by atoms with Crippen LogP contribution in [0.3, 0.4) is 0 Å². The zero-order valence-electron chi connectivity index (χ0n) is 22.1. The Morgan fingerprint density at radius 2 is 1.59 bits per heavy atom. The Morgan fingerprint density at radius 3 is 2.26 bits per heavy atom. The first-order valence-corrected chi connectivity index (χ1v) is 13.1. The number of aromatic nitrogens is 2. The molecule has 7 nitrogen and oxygen atoms in total. The number of carbonyl (C=O) groups is 2. The van der Waals surface area contributed by atoms with Crippen LogP contribution in [0.25, 0.3) is 21.8 Å². The van der Waals surface area contributed by atoms with Gasteiger partial charge < -0.3 is 19.3 Å². The third kappa shape index (κ3) is 5.34.